The van der Waals surface area contributed by atoms with Gasteiger partial charge < -0.3 is 10.6 Å². The lowest BCUT2D eigenvalue weighted by Gasteiger charge is -2.03. The second-order valence-electron chi connectivity index (χ2n) is 3.53. The van der Waals surface area contributed by atoms with Crippen LogP contribution in [0.1, 0.15) is 24.0 Å². The normalized spacial score (nSPS) is 10.3. The molecule has 1 rings (SSSR count). The minimum absolute atomic E-state index is 0.114. The second-order valence-corrected chi connectivity index (χ2v) is 4.28. The summed E-state index contributed by atoms with van der Waals surface area (Å²) in [5.41, 5.74) is 2.71. The molecule has 0 aliphatic heterocycles. The van der Waals surface area contributed by atoms with Gasteiger partial charge in [0.15, 0.2) is 0 Å². The van der Waals surface area contributed by atoms with Crippen molar-refractivity contribution in [3.05, 3.63) is 21.9 Å². The minimum Gasteiger partial charge on any atom is -0.359 e. The SMILES string of the molecule is CNC(=O)CCCNCc1cscc1C. The van der Waals surface area contributed by atoms with Crippen LogP contribution < -0.4 is 10.6 Å². The van der Waals surface area contributed by atoms with Crippen LogP contribution in [0.25, 0.3) is 0 Å². The molecule has 2 N–H and O–H groups in total. The predicted octanol–water partition coefficient (Wildman–Crippen LogP) is 1.67. The van der Waals surface area contributed by atoms with Gasteiger partial charge in [-0.3, -0.25) is 4.79 Å². The van der Waals surface area contributed by atoms with E-state index < -0.39 is 0 Å². The van der Waals surface area contributed by atoms with Gasteiger partial charge in [0.25, 0.3) is 0 Å². The number of hydrogen-bond donors (Lipinski definition) is 2. The van der Waals surface area contributed by atoms with Crippen LogP contribution in [0.5, 0.6) is 0 Å². The Morgan fingerprint density at radius 1 is 1.47 bits per heavy atom. The Kier molecular flexibility index (Phi) is 5.36. The molecular weight excluding hydrogens is 208 g/mol. The van der Waals surface area contributed by atoms with Crippen LogP contribution in [-0.4, -0.2) is 19.5 Å². The van der Waals surface area contributed by atoms with Crippen molar-refractivity contribution >= 4 is 17.2 Å². The Bertz CT molecular complexity index is 309. The van der Waals surface area contributed by atoms with E-state index in [1.54, 1.807) is 18.4 Å². The van der Waals surface area contributed by atoms with Crippen LogP contribution in [0.3, 0.4) is 0 Å². The van der Waals surface area contributed by atoms with E-state index in [0.717, 1.165) is 19.5 Å². The van der Waals surface area contributed by atoms with E-state index in [-0.39, 0.29) is 5.91 Å². The highest BCUT2D eigenvalue weighted by Gasteiger charge is 1.99. The molecule has 1 aromatic heterocycles. The highest BCUT2D eigenvalue weighted by molar-refractivity contribution is 7.08. The molecule has 0 aliphatic carbocycles. The van der Waals surface area contributed by atoms with E-state index in [4.69, 9.17) is 0 Å². The van der Waals surface area contributed by atoms with E-state index in [9.17, 15) is 4.79 Å². The van der Waals surface area contributed by atoms with Crippen molar-refractivity contribution in [2.24, 2.45) is 0 Å². The third kappa shape index (κ3) is 4.44. The Balaban J connectivity index is 2.07. The lowest BCUT2D eigenvalue weighted by molar-refractivity contribution is -0.120. The van der Waals surface area contributed by atoms with Gasteiger partial charge in [-0.05, 0) is 41.8 Å². The molecule has 0 aromatic carbocycles. The molecule has 15 heavy (non-hydrogen) atoms. The highest BCUT2D eigenvalue weighted by atomic mass is 32.1. The molecule has 0 atom stereocenters. The molecule has 0 radical (unpaired) electrons. The van der Waals surface area contributed by atoms with Gasteiger partial charge in [-0.1, -0.05) is 0 Å². The van der Waals surface area contributed by atoms with Crippen molar-refractivity contribution in [3.63, 3.8) is 0 Å². The summed E-state index contributed by atoms with van der Waals surface area (Å²) in [6.07, 6.45) is 1.50. The molecule has 4 heteroatoms. The molecule has 0 spiro atoms. The summed E-state index contributed by atoms with van der Waals surface area (Å²) in [4.78, 5) is 10.9. The summed E-state index contributed by atoms with van der Waals surface area (Å²) >= 11 is 1.73. The van der Waals surface area contributed by atoms with Gasteiger partial charge in [-0.15, -0.1) is 0 Å². The van der Waals surface area contributed by atoms with Gasteiger partial charge in [0, 0.05) is 20.0 Å². The quantitative estimate of drug-likeness (QED) is 0.725. The maximum absolute atomic E-state index is 10.9. The molecule has 3 nitrogen and oxygen atoms in total. The Hall–Kier alpha value is -0.870. The average Bonchev–Trinajstić information content (AvgIpc) is 2.63. The van der Waals surface area contributed by atoms with E-state index in [2.05, 4.69) is 28.3 Å². The number of carbonyl (C=O) groups is 1. The van der Waals surface area contributed by atoms with Crippen LogP contribution in [-0.2, 0) is 11.3 Å². The van der Waals surface area contributed by atoms with Gasteiger partial charge in [0.05, 0.1) is 0 Å². The van der Waals surface area contributed by atoms with Crippen LogP contribution >= 0.6 is 11.3 Å². The van der Waals surface area contributed by atoms with Crippen molar-refractivity contribution in [1.29, 1.82) is 0 Å². The largest absolute Gasteiger partial charge is 0.359 e. The van der Waals surface area contributed by atoms with Crippen molar-refractivity contribution in [1.82, 2.24) is 10.6 Å². The zero-order valence-electron chi connectivity index (χ0n) is 9.30. The third-order valence-electron chi connectivity index (χ3n) is 2.31. The molecule has 0 aliphatic rings. The first kappa shape index (κ1) is 12.2. The molecule has 0 saturated carbocycles. The summed E-state index contributed by atoms with van der Waals surface area (Å²) in [6.45, 7) is 3.92. The third-order valence-corrected chi connectivity index (χ3v) is 3.22. The average molecular weight is 226 g/mol. The Labute approximate surface area is 94.9 Å². The van der Waals surface area contributed by atoms with Crippen molar-refractivity contribution in [2.45, 2.75) is 26.3 Å². The number of hydrogen-bond acceptors (Lipinski definition) is 3. The fraction of sp³-hybridized carbons (Fsp3) is 0.545. The van der Waals surface area contributed by atoms with E-state index >= 15 is 0 Å². The first-order chi connectivity index (χ1) is 7.24. The van der Waals surface area contributed by atoms with E-state index in [0.29, 0.717) is 6.42 Å². The fourth-order valence-electron chi connectivity index (χ4n) is 1.29. The smallest absolute Gasteiger partial charge is 0.219 e. The van der Waals surface area contributed by atoms with Crippen LogP contribution in [0.4, 0.5) is 0 Å². The number of aryl methyl sites for hydroxylation is 1. The summed E-state index contributed by atoms with van der Waals surface area (Å²) in [7, 11) is 1.67. The van der Waals surface area contributed by atoms with E-state index in [1.807, 2.05) is 0 Å². The van der Waals surface area contributed by atoms with E-state index in [1.165, 1.54) is 11.1 Å². The maximum Gasteiger partial charge on any atom is 0.219 e. The predicted molar refractivity (Wildman–Crippen MR) is 64.1 cm³/mol. The minimum atomic E-state index is 0.114. The fourth-order valence-corrected chi connectivity index (χ4v) is 2.15. The lowest BCUT2D eigenvalue weighted by Crippen LogP contribution is -2.20. The van der Waals surface area contributed by atoms with Gasteiger partial charge in [-0.2, -0.15) is 11.3 Å². The summed E-state index contributed by atoms with van der Waals surface area (Å²) in [5, 5.41) is 10.3. The summed E-state index contributed by atoms with van der Waals surface area (Å²) < 4.78 is 0. The molecule has 1 heterocycles. The molecule has 0 fully saturated rings. The number of nitrogens with one attached hydrogen (secondary N) is 2. The monoisotopic (exact) mass is 226 g/mol. The maximum atomic E-state index is 10.9. The molecule has 0 unspecified atom stereocenters. The highest BCUT2D eigenvalue weighted by Crippen LogP contribution is 2.12. The summed E-state index contributed by atoms with van der Waals surface area (Å²) in [5.74, 6) is 0.114. The van der Waals surface area contributed by atoms with Gasteiger partial charge in [-0.25, -0.2) is 0 Å². The molecule has 84 valence electrons. The van der Waals surface area contributed by atoms with Gasteiger partial charge in [0.2, 0.25) is 5.91 Å². The lowest BCUT2D eigenvalue weighted by atomic mass is 10.2. The van der Waals surface area contributed by atoms with Crippen molar-refractivity contribution in [2.75, 3.05) is 13.6 Å². The van der Waals surface area contributed by atoms with Gasteiger partial charge >= 0.3 is 0 Å². The number of amides is 1. The van der Waals surface area contributed by atoms with Crippen molar-refractivity contribution in [3.8, 4) is 0 Å². The first-order valence-electron chi connectivity index (χ1n) is 5.17. The Morgan fingerprint density at radius 3 is 2.87 bits per heavy atom. The van der Waals surface area contributed by atoms with Crippen LogP contribution in [0.2, 0.25) is 0 Å². The van der Waals surface area contributed by atoms with Crippen molar-refractivity contribution < 1.29 is 4.79 Å². The van der Waals surface area contributed by atoms with Gasteiger partial charge in [0.1, 0.15) is 0 Å². The van der Waals surface area contributed by atoms with Crippen LogP contribution in [0.15, 0.2) is 10.8 Å². The zero-order valence-corrected chi connectivity index (χ0v) is 10.1. The molecule has 1 aromatic rings. The number of rotatable bonds is 6. The molecule has 0 saturated heterocycles. The number of thiophene rings is 1. The molecule has 0 bridgehead atoms. The second kappa shape index (κ2) is 6.58. The topological polar surface area (TPSA) is 41.1 Å². The Morgan fingerprint density at radius 2 is 2.27 bits per heavy atom. The molecular formula is C11H18N2OS. The zero-order chi connectivity index (χ0) is 11.1. The standard InChI is InChI=1S/C11H18N2OS/c1-9-7-15-8-10(9)6-13-5-3-4-11(14)12-2/h7-8,13H,3-6H2,1-2H3,(H,12,14). The first-order valence-corrected chi connectivity index (χ1v) is 6.11. The van der Waals surface area contributed by atoms with Crippen LogP contribution in [0, 0.1) is 6.92 Å². The summed E-state index contributed by atoms with van der Waals surface area (Å²) in [6, 6.07) is 0. The number of carbonyl (C=O) groups excluding carboxylic acids is 1. The molecule has 1 amide bonds.